The van der Waals surface area contributed by atoms with Crippen molar-refractivity contribution in [1.29, 1.82) is 0 Å². The number of phenolic OH excluding ortho intramolecular Hbond substituents is 1. The first-order valence-electron chi connectivity index (χ1n) is 11.6. The third-order valence-electron chi connectivity index (χ3n) is 6.62. The van der Waals surface area contributed by atoms with Crippen molar-refractivity contribution in [1.82, 2.24) is 0 Å². The van der Waals surface area contributed by atoms with E-state index in [1.807, 2.05) is 6.08 Å². The lowest BCUT2D eigenvalue weighted by Gasteiger charge is -2.18. The Labute approximate surface area is 199 Å². The van der Waals surface area contributed by atoms with Gasteiger partial charge in [-0.3, -0.25) is 4.79 Å². The Hall–Kier alpha value is -4.17. The minimum absolute atomic E-state index is 0.0139. The number of aryl methyl sites for hydroxylation is 1. The van der Waals surface area contributed by atoms with Crippen molar-refractivity contribution in [3.63, 3.8) is 0 Å². The number of Topliss-reactive ketones (excluding diaryl/α,β-unsaturated/α-hetero) is 1. The number of rotatable bonds is 3. The summed E-state index contributed by atoms with van der Waals surface area (Å²) in [6.07, 6.45) is 3.03. The van der Waals surface area contributed by atoms with E-state index < -0.39 is 0 Å². The molecule has 0 aliphatic heterocycles. The van der Waals surface area contributed by atoms with E-state index in [4.69, 9.17) is 5.11 Å². The quantitative estimate of drug-likeness (QED) is 0.169. The van der Waals surface area contributed by atoms with Crippen LogP contribution in [0.25, 0.3) is 49.2 Å². The summed E-state index contributed by atoms with van der Waals surface area (Å²) in [5.41, 5.74) is 3.27. The fraction of sp³-hybridized carbons (Fsp3) is 0.0938. The number of carbonyl (C=O) groups excluding carboxylic acids is 1. The Bertz CT molecular complexity index is 1670. The lowest BCUT2D eigenvalue weighted by atomic mass is 9.85. The minimum atomic E-state index is 0.0139. The molecule has 0 aromatic heterocycles. The first-order valence-corrected chi connectivity index (χ1v) is 11.6. The second kappa shape index (κ2) is 8.64. The van der Waals surface area contributed by atoms with Crippen LogP contribution < -0.4 is 0 Å². The Balaban J connectivity index is 0.000000204. The van der Waals surface area contributed by atoms with Crippen LogP contribution in [0.15, 0.2) is 91.5 Å². The number of aromatic hydroxyl groups is 1. The second-order valence-electron chi connectivity index (χ2n) is 8.60. The van der Waals surface area contributed by atoms with Crippen LogP contribution in [0.2, 0.25) is 0 Å². The molecule has 0 fully saturated rings. The molecule has 2 nitrogen and oxygen atoms in total. The molecule has 6 aromatic rings. The highest BCUT2D eigenvalue weighted by Gasteiger charge is 2.16. The highest BCUT2D eigenvalue weighted by atomic mass is 16.3. The summed E-state index contributed by atoms with van der Waals surface area (Å²) < 4.78 is 0. The van der Waals surface area contributed by atoms with Crippen LogP contribution in [0.3, 0.4) is 0 Å². The number of hydrogen-bond acceptors (Lipinski definition) is 2. The number of phenols is 1. The van der Waals surface area contributed by atoms with E-state index in [1.54, 1.807) is 12.1 Å². The van der Waals surface area contributed by atoms with Crippen molar-refractivity contribution < 1.29 is 9.90 Å². The van der Waals surface area contributed by atoms with Crippen LogP contribution in [-0.4, -0.2) is 10.9 Å². The summed E-state index contributed by atoms with van der Waals surface area (Å²) in [7, 11) is 0. The van der Waals surface area contributed by atoms with E-state index >= 15 is 0 Å². The number of ketones is 1. The zero-order valence-corrected chi connectivity index (χ0v) is 19.4. The monoisotopic (exact) mass is 442 g/mol. The van der Waals surface area contributed by atoms with Crippen molar-refractivity contribution >= 4 is 54.9 Å². The van der Waals surface area contributed by atoms with Crippen molar-refractivity contribution in [3.8, 4) is 5.75 Å². The molecule has 1 N–H and O–H groups in total. The summed E-state index contributed by atoms with van der Waals surface area (Å²) >= 11 is 0. The van der Waals surface area contributed by atoms with E-state index in [1.165, 1.54) is 73.3 Å². The number of benzene rings is 6. The van der Waals surface area contributed by atoms with Crippen LogP contribution in [0, 0.1) is 0 Å². The average Bonchev–Trinajstić information content (AvgIpc) is 2.87. The van der Waals surface area contributed by atoms with Crippen LogP contribution in [-0.2, 0) is 6.42 Å². The molecule has 0 saturated heterocycles. The number of carbonyl (C=O) groups is 1. The van der Waals surface area contributed by atoms with E-state index in [-0.39, 0.29) is 11.5 Å². The SMILES string of the molecule is C=Cc1ccc2cccc3c4c(CC)ccc5cccc(c1c23)c54.CC(=O)c1ccc(O)cc1. The van der Waals surface area contributed by atoms with E-state index in [9.17, 15) is 4.79 Å². The zero-order chi connectivity index (χ0) is 23.8. The predicted octanol–water partition coefficient (Wildman–Crippen LogP) is 8.54. The van der Waals surface area contributed by atoms with Gasteiger partial charge in [0, 0.05) is 5.56 Å². The summed E-state index contributed by atoms with van der Waals surface area (Å²) in [5, 5.41) is 19.7. The van der Waals surface area contributed by atoms with Gasteiger partial charge in [0.2, 0.25) is 0 Å². The van der Waals surface area contributed by atoms with Gasteiger partial charge < -0.3 is 5.11 Å². The maximum atomic E-state index is 10.7. The molecule has 166 valence electrons. The fourth-order valence-corrected chi connectivity index (χ4v) is 4.99. The molecule has 0 unspecified atom stereocenters. The lowest BCUT2D eigenvalue weighted by molar-refractivity contribution is 0.101. The first kappa shape index (κ1) is 21.7. The molecule has 0 saturated carbocycles. The van der Waals surface area contributed by atoms with Crippen molar-refractivity contribution in [2.45, 2.75) is 20.3 Å². The summed E-state index contributed by atoms with van der Waals surface area (Å²) in [4.78, 5) is 10.7. The van der Waals surface area contributed by atoms with Gasteiger partial charge in [-0.2, -0.15) is 0 Å². The van der Waals surface area contributed by atoms with E-state index in [0.29, 0.717) is 5.56 Å². The molecule has 0 aliphatic rings. The molecule has 0 spiro atoms. The molecule has 0 aliphatic carbocycles. The predicted molar refractivity (Wildman–Crippen MR) is 145 cm³/mol. The molecule has 6 rings (SSSR count). The normalized spacial score (nSPS) is 11.1. The van der Waals surface area contributed by atoms with E-state index in [2.05, 4.69) is 74.2 Å². The number of hydrogen-bond donors (Lipinski definition) is 1. The summed E-state index contributed by atoms with van der Waals surface area (Å²) in [6.45, 7) is 7.79. The van der Waals surface area contributed by atoms with Gasteiger partial charge in [0.15, 0.2) is 5.78 Å². The van der Waals surface area contributed by atoms with Gasteiger partial charge >= 0.3 is 0 Å². The van der Waals surface area contributed by atoms with Gasteiger partial charge in [-0.1, -0.05) is 80.2 Å². The van der Waals surface area contributed by atoms with Gasteiger partial charge in [0.05, 0.1) is 0 Å². The molecular weight excluding hydrogens is 416 g/mol. The standard InChI is InChI=1S/C24H18.C8H8O2/c1-3-15-11-13-17-7-6-10-20-22-16(4-2)12-14-18-8-5-9-19(24(18)22)21(15)23(17)20;1-6(9)7-2-4-8(10)5-3-7/h3,5-14H,1,4H2,2H3;2-5,10H,1H3. The van der Waals surface area contributed by atoms with Crippen LogP contribution >= 0.6 is 0 Å². The molecular formula is C32H26O2. The molecule has 6 aromatic carbocycles. The summed E-state index contributed by atoms with van der Waals surface area (Å²) in [6, 6.07) is 28.5. The average molecular weight is 443 g/mol. The molecule has 34 heavy (non-hydrogen) atoms. The van der Waals surface area contributed by atoms with Crippen LogP contribution in [0.1, 0.15) is 35.3 Å². The lowest BCUT2D eigenvalue weighted by Crippen LogP contribution is -1.92. The molecule has 0 amide bonds. The third kappa shape index (κ3) is 3.48. The second-order valence-corrected chi connectivity index (χ2v) is 8.60. The maximum absolute atomic E-state index is 10.7. The largest absolute Gasteiger partial charge is 0.508 e. The van der Waals surface area contributed by atoms with Gasteiger partial charge in [0.1, 0.15) is 5.75 Å². The highest BCUT2D eigenvalue weighted by Crippen LogP contribution is 2.43. The van der Waals surface area contributed by atoms with Gasteiger partial charge in [-0.15, -0.1) is 0 Å². The molecule has 0 heterocycles. The first-order chi connectivity index (χ1) is 16.5. The highest BCUT2D eigenvalue weighted by molar-refractivity contribution is 6.34. The molecule has 0 bridgehead atoms. The fourth-order valence-electron chi connectivity index (χ4n) is 4.99. The zero-order valence-electron chi connectivity index (χ0n) is 19.4. The van der Waals surface area contributed by atoms with Crippen LogP contribution in [0.4, 0.5) is 0 Å². The van der Waals surface area contributed by atoms with Gasteiger partial charge in [-0.05, 0) is 91.8 Å². The number of fused-ring (bicyclic) bond motifs is 2. The third-order valence-corrected chi connectivity index (χ3v) is 6.62. The van der Waals surface area contributed by atoms with E-state index in [0.717, 1.165) is 6.42 Å². The summed E-state index contributed by atoms with van der Waals surface area (Å²) in [5.74, 6) is 0.199. The molecule has 0 atom stereocenters. The Morgan fingerprint density at radius 1 is 0.765 bits per heavy atom. The topological polar surface area (TPSA) is 37.3 Å². The van der Waals surface area contributed by atoms with Crippen molar-refractivity contribution in [2.75, 3.05) is 0 Å². The van der Waals surface area contributed by atoms with Crippen molar-refractivity contribution in [2.24, 2.45) is 0 Å². The Kier molecular flexibility index (Phi) is 5.51. The van der Waals surface area contributed by atoms with Gasteiger partial charge in [0.25, 0.3) is 0 Å². The maximum Gasteiger partial charge on any atom is 0.159 e. The minimum Gasteiger partial charge on any atom is -0.508 e. The van der Waals surface area contributed by atoms with Crippen LogP contribution in [0.5, 0.6) is 5.75 Å². The Morgan fingerprint density at radius 3 is 1.94 bits per heavy atom. The van der Waals surface area contributed by atoms with Gasteiger partial charge in [-0.25, -0.2) is 0 Å². The van der Waals surface area contributed by atoms with Crippen molar-refractivity contribution in [3.05, 3.63) is 108 Å². The smallest absolute Gasteiger partial charge is 0.159 e. The molecule has 2 heteroatoms. The molecule has 0 radical (unpaired) electrons. The Morgan fingerprint density at radius 2 is 1.35 bits per heavy atom.